The normalized spacial score (nSPS) is 16.8. The monoisotopic (exact) mass is 378 g/mol. The molecule has 0 aliphatic carbocycles. The van der Waals surface area contributed by atoms with Gasteiger partial charge in [0.2, 0.25) is 0 Å². The van der Waals surface area contributed by atoms with Gasteiger partial charge in [-0.15, -0.1) is 0 Å². The third kappa shape index (κ3) is 7.45. The molecule has 0 spiro atoms. The third-order valence-electron chi connectivity index (χ3n) is 3.64. The molecule has 1 saturated heterocycles. The van der Waals surface area contributed by atoms with Gasteiger partial charge in [-0.05, 0) is 19.3 Å². The number of thioether (sulfide) groups is 1. The molecule has 0 saturated carbocycles. The van der Waals surface area contributed by atoms with E-state index in [1.54, 1.807) is 4.90 Å². The number of hydrogen-bond donors (Lipinski definition) is 3. The van der Waals surface area contributed by atoms with Crippen LogP contribution in [0.1, 0.15) is 38.5 Å². The van der Waals surface area contributed by atoms with Crippen molar-refractivity contribution in [2.45, 2.75) is 44.6 Å². The van der Waals surface area contributed by atoms with E-state index in [4.69, 9.17) is 22.4 Å². The molecule has 3 N–H and O–H groups in total. The van der Waals surface area contributed by atoms with Crippen LogP contribution >= 0.6 is 24.0 Å². The quantitative estimate of drug-likeness (QED) is 0.360. The van der Waals surface area contributed by atoms with Gasteiger partial charge in [-0.1, -0.05) is 30.4 Å². The highest BCUT2D eigenvalue weighted by atomic mass is 32.2. The van der Waals surface area contributed by atoms with Crippen LogP contribution in [0.2, 0.25) is 0 Å². The van der Waals surface area contributed by atoms with Gasteiger partial charge in [0.05, 0.1) is 12.5 Å². The maximum atomic E-state index is 11.4. The predicted molar refractivity (Wildman–Crippen MR) is 92.9 cm³/mol. The maximum absolute atomic E-state index is 11.4. The SMILES string of the molecule is O=C(O)CCCCCN1CN(C(CCC(=O)O)C(=O)O)CSC1=S. The van der Waals surface area contributed by atoms with Crippen LogP contribution in [-0.4, -0.2) is 72.5 Å². The standard InChI is InChI=1S/C14H22N2O6S2/c17-11(18)4-2-1-3-7-15-8-16(9-24-14(15)23)10(13(21)22)5-6-12(19)20/h10H,1-9H2,(H,17,18)(H,19,20)(H,21,22). The molecule has 1 unspecified atom stereocenters. The lowest BCUT2D eigenvalue weighted by atomic mass is 10.1. The van der Waals surface area contributed by atoms with Crippen LogP contribution < -0.4 is 0 Å². The van der Waals surface area contributed by atoms with Crippen LogP contribution in [0.4, 0.5) is 0 Å². The van der Waals surface area contributed by atoms with Crippen molar-refractivity contribution in [2.75, 3.05) is 19.1 Å². The van der Waals surface area contributed by atoms with Crippen molar-refractivity contribution in [1.82, 2.24) is 9.80 Å². The van der Waals surface area contributed by atoms with Crippen molar-refractivity contribution in [3.05, 3.63) is 0 Å². The first-order valence-electron chi connectivity index (χ1n) is 7.63. The number of unbranched alkanes of at least 4 members (excludes halogenated alkanes) is 2. The average molecular weight is 378 g/mol. The highest BCUT2D eigenvalue weighted by molar-refractivity contribution is 8.22. The molecule has 8 nitrogen and oxygen atoms in total. The fraction of sp³-hybridized carbons (Fsp3) is 0.714. The molecule has 24 heavy (non-hydrogen) atoms. The number of hydrogen-bond acceptors (Lipinski definition) is 6. The van der Waals surface area contributed by atoms with Gasteiger partial charge in [0, 0.05) is 19.4 Å². The molecule has 0 aromatic rings. The van der Waals surface area contributed by atoms with E-state index in [1.165, 1.54) is 11.8 Å². The van der Waals surface area contributed by atoms with Gasteiger partial charge in [0.1, 0.15) is 10.4 Å². The van der Waals surface area contributed by atoms with Crippen LogP contribution in [0.15, 0.2) is 0 Å². The summed E-state index contributed by atoms with van der Waals surface area (Å²) in [7, 11) is 0. The molecule has 0 aromatic heterocycles. The molecule has 1 fully saturated rings. The van der Waals surface area contributed by atoms with Crippen molar-refractivity contribution in [3.8, 4) is 0 Å². The summed E-state index contributed by atoms with van der Waals surface area (Å²) in [4.78, 5) is 36.2. The Balaban J connectivity index is 2.49. The summed E-state index contributed by atoms with van der Waals surface area (Å²) in [5.41, 5.74) is 0. The Morgan fingerprint density at radius 2 is 1.75 bits per heavy atom. The number of nitrogens with zero attached hydrogens (tertiary/aromatic N) is 2. The van der Waals surface area contributed by atoms with Crippen LogP contribution in [0.25, 0.3) is 0 Å². The van der Waals surface area contributed by atoms with E-state index in [2.05, 4.69) is 0 Å². The van der Waals surface area contributed by atoms with E-state index >= 15 is 0 Å². The Kier molecular flexibility index (Phi) is 9.01. The lowest BCUT2D eigenvalue weighted by Gasteiger charge is -2.39. The summed E-state index contributed by atoms with van der Waals surface area (Å²) < 4.78 is 0.687. The van der Waals surface area contributed by atoms with Crippen LogP contribution in [-0.2, 0) is 14.4 Å². The summed E-state index contributed by atoms with van der Waals surface area (Å²) in [6.45, 7) is 0.981. The summed E-state index contributed by atoms with van der Waals surface area (Å²) in [6, 6.07) is -0.855. The molecule has 0 bridgehead atoms. The van der Waals surface area contributed by atoms with Gasteiger partial charge in [-0.25, -0.2) is 0 Å². The zero-order chi connectivity index (χ0) is 18.1. The van der Waals surface area contributed by atoms with E-state index in [1.807, 2.05) is 4.90 Å². The van der Waals surface area contributed by atoms with Crippen molar-refractivity contribution in [1.29, 1.82) is 0 Å². The van der Waals surface area contributed by atoms with Crippen molar-refractivity contribution < 1.29 is 29.7 Å². The first-order valence-corrected chi connectivity index (χ1v) is 9.02. The second-order valence-corrected chi connectivity index (χ2v) is 7.10. The number of carboxylic acid groups (broad SMARTS) is 3. The van der Waals surface area contributed by atoms with Gasteiger partial charge in [-0.3, -0.25) is 19.3 Å². The molecule has 1 aliphatic rings. The molecule has 0 radical (unpaired) electrons. The number of thiocarbonyl (C=S) groups is 1. The summed E-state index contributed by atoms with van der Waals surface area (Å²) in [6.07, 6.45) is 2.12. The Hall–Kier alpha value is -1.39. The Morgan fingerprint density at radius 3 is 2.33 bits per heavy atom. The third-order valence-corrected chi connectivity index (χ3v) is 5.22. The molecule has 1 heterocycles. The van der Waals surface area contributed by atoms with E-state index in [9.17, 15) is 19.5 Å². The van der Waals surface area contributed by atoms with Crippen molar-refractivity contribution in [2.24, 2.45) is 0 Å². The molecule has 10 heteroatoms. The first kappa shape index (κ1) is 20.7. The van der Waals surface area contributed by atoms with Gasteiger partial charge in [-0.2, -0.15) is 0 Å². The number of rotatable bonds is 11. The molecular formula is C14H22N2O6S2. The minimum atomic E-state index is -1.04. The second-order valence-electron chi connectivity index (χ2n) is 5.52. The average Bonchev–Trinajstić information content (AvgIpc) is 2.48. The van der Waals surface area contributed by atoms with E-state index in [0.29, 0.717) is 29.8 Å². The Morgan fingerprint density at radius 1 is 1.08 bits per heavy atom. The largest absolute Gasteiger partial charge is 0.481 e. The van der Waals surface area contributed by atoms with E-state index in [-0.39, 0.29) is 19.3 Å². The molecule has 0 aromatic carbocycles. The molecular weight excluding hydrogens is 356 g/mol. The van der Waals surface area contributed by atoms with Crippen molar-refractivity contribution in [3.63, 3.8) is 0 Å². The molecule has 1 aliphatic heterocycles. The Labute approximate surface area is 149 Å². The predicted octanol–water partition coefficient (Wildman–Crippen LogP) is 1.50. The van der Waals surface area contributed by atoms with Crippen LogP contribution in [0.5, 0.6) is 0 Å². The lowest BCUT2D eigenvalue weighted by Crippen LogP contribution is -2.51. The second kappa shape index (κ2) is 10.5. The zero-order valence-corrected chi connectivity index (χ0v) is 14.9. The van der Waals surface area contributed by atoms with Crippen LogP contribution in [0.3, 0.4) is 0 Å². The number of aliphatic carboxylic acids is 3. The Bertz CT molecular complexity index is 488. The van der Waals surface area contributed by atoms with Gasteiger partial charge in [0.15, 0.2) is 0 Å². The maximum Gasteiger partial charge on any atom is 0.321 e. The fourth-order valence-corrected chi connectivity index (χ4v) is 3.55. The fourth-order valence-electron chi connectivity index (χ4n) is 2.38. The van der Waals surface area contributed by atoms with Gasteiger partial charge < -0.3 is 20.2 Å². The minimum Gasteiger partial charge on any atom is -0.481 e. The topological polar surface area (TPSA) is 118 Å². The molecule has 1 rings (SSSR count). The molecule has 136 valence electrons. The summed E-state index contributed by atoms with van der Waals surface area (Å²) in [5, 5.41) is 26.7. The molecule has 1 atom stereocenters. The highest BCUT2D eigenvalue weighted by Crippen LogP contribution is 2.23. The first-order chi connectivity index (χ1) is 11.3. The van der Waals surface area contributed by atoms with E-state index < -0.39 is 23.9 Å². The van der Waals surface area contributed by atoms with Crippen LogP contribution in [0, 0.1) is 0 Å². The van der Waals surface area contributed by atoms with Gasteiger partial charge >= 0.3 is 17.9 Å². The smallest absolute Gasteiger partial charge is 0.321 e. The van der Waals surface area contributed by atoms with Crippen molar-refractivity contribution >= 4 is 46.2 Å². The summed E-state index contributed by atoms with van der Waals surface area (Å²) >= 11 is 6.65. The highest BCUT2D eigenvalue weighted by Gasteiger charge is 2.31. The number of carbonyl (C=O) groups is 3. The zero-order valence-electron chi connectivity index (χ0n) is 13.2. The number of carboxylic acids is 3. The molecule has 0 amide bonds. The lowest BCUT2D eigenvalue weighted by molar-refractivity contribution is -0.144. The van der Waals surface area contributed by atoms with Gasteiger partial charge in [0.25, 0.3) is 0 Å². The summed E-state index contributed by atoms with van der Waals surface area (Å²) in [5.74, 6) is -2.44. The van der Waals surface area contributed by atoms with E-state index in [0.717, 1.165) is 12.8 Å². The minimum absolute atomic E-state index is 0.0461.